The quantitative estimate of drug-likeness (QED) is 0.470. The smallest absolute Gasteiger partial charge is 0.338 e. The van der Waals surface area contributed by atoms with E-state index >= 15 is 0 Å². The molecule has 0 spiro atoms. The standard InChI is InChI=1S/C26H26N2O6S/c1-6-34-20-13-16(7-12-19(20)32-4)14-21-24(29)28-23(17-8-10-18(31-3)11-9-17)22(25(30)33-5)15(2)27-26(28)35-21/h7-14,23H,6H2,1-5H3/b21-14+. The Morgan fingerprint density at radius 2 is 1.83 bits per heavy atom. The fourth-order valence-corrected chi connectivity index (χ4v) is 5.04. The molecule has 8 nitrogen and oxygen atoms in total. The number of carbonyl (C=O) groups excluding carboxylic acids is 1. The summed E-state index contributed by atoms with van der Waals surface area (Å²) in [6, 6.07) is 12.1. The van der Waals surface area contributed by atoms with Crippen LogP contribution in [0.15, 0.2) is 63.5 Å². The second kappa shape index (κ2) is 10.2. The number of fused-ring (bicyclic) bond motifs is 1. The minimum absolute atomic E-state index is 0.253. The lowest BCUT2D eigenvalue weighted by molar-refractivity contribution is -0.136. The van der Waals surface area contributed by atoms with Crippen LogP contribution in [0.2, 0.25) is 0 Å². The van der Waals surface area contributed by atoms with E-state index in [1.54, 1.807) is 50.0 Å². The molecule has 0 aliphatic carbocycles. The molecule has 3 aromatic rings. The number of aromatic nitrogens is 1. The van der Waals surface area contributed by atoms with Gasteiger partial charge in [0.1, 0.15) is 5.75 Å². The van der Waals surface area contributed by atoms with Crippen LogP contribution >= 0.6 is 11.3 Å². The van der Waals surface area contributed by atoms with Crippen molar-refractivity contribution in [3.8, 4) is 17.2 Å². The Labute approximate surface area is 206 Å². The first-order valence-electron chi connectivity index (χ1n) is 11.0. The highest BCUT2D eigenvalue weighted by atomic mass is 32.1. The van der Waals surface area contributed by atoms with E-state index in [4.69, 9.17) is 18.9 Å². The molecule has 1 aliphatic rings. The Balaban J connectivity index is 1.91. The molecule has 1 aromatic heterocycles. The van der Waals surface area contributed by atoms with Crippen molar-refractivity contribution in [2.24, 2.45) is 4.99 Å². The maximum absolute atomic E-state index is 13.6. The van der Waals surface area contributed by atoms with E-state index < -0.39 is 12.0 Å². The summed E-state index contributed by atoms with van der Waals surface area (Å²) in [7, 11) is 4.48. The first kappa shape index (κ1) is 24.3. The molecule has 1 aliphatic heterocycles. The Kier molecular flexibility index (Phi) is 7.07. The van der Waals surface area contributed by atoms with Crippen LogP contribution in [-0.2, 0) is 9.53 Å². The minimum atomic E-state index is -0.679. The van der Waals surface area contributed by atoms with Crippen LogP contribution in [-0.4, -0.2) is 38.5 Å². The number of carbonyl (C=O) groups is 1. The summed E-state index contributed by atoms with van der Waals surface area (Å²) in [5, 5.41) is 0. The van der Waals surface area contributed by atoms with E-state index in [0.717, 1.165) is 11.1 Å². The van der Waals surface area contributed by atoms with Crippen molar-refractivity contribution in [2.45, 2.75) is 19.9 Å². The van der Waals surface area contributed by atoms with Gasteiger partial charge in [0.2, 0.25) is 0 Å². The van der Waals surface area contributed by atoms with Crippen LogP contribution < -0.4 is 29.1 Å². The number of allylic oxidation sites excluding steroid dienone is 1. The molecule has 2 aromatic carbocycles. The molecule has 4 rings (SSSR count). The van der Waals surface area contributed by atoms with Gasteiger partial charge in [0.05, 0.1) is 49.8 Å². The third kappa shape index (κ3) is 4.59. The predicted octanol–water partition coefficient (Wildman–Crippen LogP) is 2.82. The van der Waals surface area contributed by atoms with Gasteiger partial charge in [-0.05, 0) is 55.3 Å². The van der Waals surface area contributed by atoms with Gasteiger partial charge in [-0.1, -0.05) is 29.5 Å². The Morgan fingerprint density at radius 1 is 1.09 bits per heavy atom. The number of methoxy groups -OCH3 is 3. The zero-order chi connectivity index (χ0) is 25.1. The zero-order valence-electron chi connectivity index (χ0n) is 20.2. The Morgan fingerprint density at radius 3 is 2.46 bits per heavy atom. The summed E-state index contributed by atoms with van der Waals surface area (Å²) >= 11 is 1.26. The van der Waals surface area contributed by atoms with Crippen molar-refractivity contribution < 1.29 is 23.7 Å². The van der Waals surface area contributed by atoms with E-state index in [1.165, 1.54) is 18.4 Å². The molecular weight excluding hydrogens is 468 g/mol. The summed E-state index contributed by atoms with van der Waals surface area (Å²) < 4.78 is 23.4. The van der Waals surface area contributed by atoms with Crippen molar-refractivity contribution in [1.82, 2.24) is 4.57 Å². The highest BCUT2D eigenvalue weighted by Gasteiger charge is 2.33. The normalized spacial score (nSPS) is 15.3. The van der Waals surface area contributed by atoms with Crippen molar-refractivity contribution in [1.29, 1.82) is 0 Å². The van der Waals surface area contributed by atoms with Crippen LogP contribution in [0.1, 0.15) is 31.0 Å². The third-order valence-electron chi connectivity index (χ3n) is 5.64. The highest BCUT2D eigenvalue weighted by molar-refractivity contribution is 7.07. The number of nitrogens with zero attached hydrogens (tertiary/aromatic N) is 2. The minimum Gasteiger partial charge on any atom is -0.497 e. The van der Waals surface area contributed by atoms with Crippen LogP contribution in [0.3, 0.4) is 0 Å². The molecule has 182 valence electrons. The average molecular weight is 495 g/mol. The molecule has 0 saturated carbocycles. The summed E-state index contributed by atoms with van der Waals surface area (Å²) in [5.74, 6) is 1.35. The van der Waals surface area contributed by atoms with Gasteiger partial charge < -0.3 is 18.9 Å². The SMILES string of the molecule is CCOc1cc(/C=c2/sc3n(c2=O)C(c2ccc(OC)cc2)C(C(=O)OC)=C(C)N=3)ccc1OC. The first-order valence-corrected chi connectivity index (χ1v) is 11.8. The number of benzene rings is 2. The molecule has 0 N–H and O–H groups in total. The van der Waals surface area contributed by atoms with Gasteiger partial charge in [0, 0.05) is 0 Å². The number of hydrogen-bond donors (Lipinski definition) is 0. The maximum Gasteiger partial charge on any atom is 0.338 e. The lowest BCUT2D eigenvalue weighted by Gasteiger charge is -2.24. The average Bonchev–Trinajstić information content (AvgIpc) is 3.17. The number of hydrogen-bond acceptors (Lipinski definition) is 8. The highest BCUT2D eigenvalue weighted by Crippen LogP contribution is 2.32. The van der Waals surface area contributed by atoms with Gasteiger partial charge in [-0.2, -0.15) is 0 Å². The lowest BCUT2D eigenvalue weighted by atomic mass is 9.96. The Hall–Kier alpha value is -3.85. The van der Waals surface area contributed by atoms with Gasteiger partial charge in [0.15, 0.2) is 16.3 Å². The van der Waals surface area contributed by atoms with Crippen molar-refractivity contribution >= 4 is 23.4 Å². The van der Waals surface area contributed by atoms with Crippen LogP contribution in [0.4, 0.5) is 0 Å². The molecule has 0 saturated heterocycles. The van der Waals surface area contributed by atoms with E-state index in [2.05, 4.69) is 4.99 Å². The van der Waals surface area contributed by atoms with Gasteiger partial charge in [-0.25, -0.2) is 9.79 Å². The molecule has 1 unspecified atom stereocenters. The van der Waals surface area contributed by atoms with E-state index in [-0.39, 0.29) is 5.56 Å². The molecule has 2 heterocycles. The van der Waals surface area contributed by atoms with Crippen molar-refractivity contribution in [3.63, 3.8) is 0 Å². The van der Waals surface area contributed by atoms with E-state index in [1.807, 2.05) is 31.2 Å². The number of ether oxygens (including phenoxy) is 4. The zero-order valence-corrected chi connectivity index (χ0v) is 21.0. The summed E-state index contributed by atoms with van der Waals surface area (Å²) in [6.45, 7) is 4.13. The number of rotatable bonds is 7. The third-order valence-corrected chi connectivity index (χ3v) is 6.63. The monoisotopic (exact) mass is 494 g/mol. The number of esters is 1. The maximum atomic E-state index is 13.6. The first-order chi connectivity index (χ1) is 16.9. The van der Waals surface area contributed by atoms with Gasteiger partial charge in [-0.15, -0.1) is 0 Å². The fourth-order valence-electron chi connectivity index (χ4n) is 4.00. The molecule has 9 heteroatoms. The molecule has 0 fully saturated rings. The molecular formula is C26H26N2O6S. The predicted molar refractivity (Wildman–Crippen MR) is 133 cm³/mol. The van der Waals surface area contributed by atoms with E-state index in [9.17, 15) is 9.59 Å². The van der Waals surface area contributed by atoms with Gasteiger partial charge >= 0.3 is 5.97 Å². The summed E-state index contributed by atoms with van der Waals surface area (Å²) in [4.78, 5) is 31.5. The second-order valence-corrected chi connectivity index (χ2v) is 8.70. The lowest BCUT2D eigenvalue weighted by Crippen LogP contribution is -2.39. The molecule has 35 heavy (non-hydrogen) atoms. The topological polar surface area (TPSA) is 88.4 Å². The Bertz CT molecular complexity index is 1470. The number of thiazole rings is 1. The van der Waals surface area contributed by atoms with Crippen LogP contribution in [0, 0.1) is 0 Å². The van der Waals surface area contributed by atoms with Crippen LogP contribution in [0.25, 0.3) is 6.08 Å². The second-order valence-electron chi connectivity index (χ2n) is 7.69. The summed E-state index contributed by atoms with van der Waals surface area (Å²) in [5.41, 5.74) is 2.10. The van der Waals surface area contributed by atoms with Crippen molar-refractivity contribution in [3.05, 3.63) is 84.5 Å². The van der Waals surface area contributed by atoms with Gasteiger partial charge in [-0.3, -0.25) is 9.36 Å². The van der Waals surface area contributed by atoms with E-state index in [0.29, 0.717) is 44.5 Å². The molecule has 0 amide bonds. The van der Waals surface area contributed by atoms with Gasteiger partial charge in [0.25, 0.3) is 5.56 Å². The van der Waals surface area contributed by atoms with Crippen molar-refractivity contribution in [2.75, 3.05) is 27.9 Å². The fraction of sp³-hybridized carbons (Fsp3) is 0.269. The van der Waals surface area contributed by atoms with Crippen LogP contribution in [0.5, 0.6) is 17.2 Å². The largest absolute Gasteiger partial charge is 0.497 e. The molecule has 1 atom stereocenters. The molecule has 0 radical (unpaired) electrons. The molecule has 0 bridgehead atoms. The summed E-state index contributed by atoms with van der Waals surface area (Å²) in [6.07, 6.45) is 1.79.